The summed E-state index contributed by atoms with van der Waals surface area (Å²) in [7, 11) is 2.19. The quantitative estimate of drug-likeness (QED) is 0.925. The molecule has 0 aromatic heterocycles. The van der Waals surface area contributed by atoms with Gasteiger partial charge in [-0.2, -0.15) is 0 Å². The van der Waals surface area contributed by atoms with Crippen LogP contribution in [0, 0.1) is 0 Å². The van der Waals surface area contributed by atoms with E-state index in [1.54, 1.807) is 0 Å². The van der Waals surface area contributed by atoms with Gasteiger partial charge in [-0.1, -0.05) is 30.3 Å². The van der Waals surface area contributed by atoms with E-state index in [0.717, 1.165) is 51.0 Å². The van der Waals surface area contributed by atoms with E-state index < -0.39 is 0 Å². The maximum absolute atomic E-state index is 12.5. The minimum atomic E-state index is 0.0381. The fraction of sp³-hybridized carbons (Fsp3) is 0.409. The number of amides is 1. The largest absolute Gasteiger partial charge is 0.369 e. The molecule has 4 heteroatoms. The molecule has 0 unspecified atom stereocenters. The molecule has 0 spiro atoms. The highest BCUT2D eigenvalue weighted by atomic mass is 16.1. The third kappa shape index (κ3) is 3.61. The second-order valence-corrected chi connectivity index (χ2v) is 7.48. The van der Waals surface area contributed by atoms with Crippen LogP contribution >= 0.6 is 0 Å². The first-order chi connectivity index (χ1) is 12.7. The van der Waals surface area contributed by atoms with Gasteiger partial charge in [0.1, 0.15) is 0 Å². The van der Waals surface area contributed by atoms with E-state index in [-0.39, 0.29) is 11.9 Å². The molecule has 1 aliphatic carbocycles. The molecule has 1 saturated heterocycles. The van der Waals surface area contributed by atoms with E-state index in [1.807, 2.05) is 30.3 Å². The summed E-state index contributed by atoms with van der Waals surface area (Å²) in [6.07, 6.45) is 2.98. The van der Waals surface area contributed by atoms with Crippen molar-refractivity contribution in [3.63, 3.8) is 0 Å². The van der Waals surface area contributed by atoms with Crippen LogP contribution in [-0.4, -0.2) is 50.1 Å². The van der Waals surface area contributed by atoms with E-state index in [4.69, 9.17) is 0 Å². The number of hydrogen-bond acceptors (Lipinski definition) is 3. The number of carbonyl (C=O) groups is 1. The third-order valence-corrected chi connectivity index (χ3v) is 5.68. The highest BCUT2D eigenvalue weighted by Gasteiger charge is 2.25. The van der Waals surface area contributed by atoms with Gasteiger partial charge in [0.05, 0.1) is 0 Å². The van der Waals surface area contributed by atoms with Crippen molar-refractivity contribution in [3.8, 4) is 0 Å². The summed E-state index contributed by atoms with van der Waals surface area (Å²) in [5.74, 6) is 0.0381. The van der Waals surface area contributed by atoms with Gasteiger partial charge < -0.3 is 15.1 Å². The van der Waals surface area contributed by atoms with Crippen molar-refractivity contribution in [2.24, 2.45) is 0 Å². The number of piperazine rings is 1. The SMILES string of the molecule is CN1CCN(c2cccc3c2C[C@H](NC(=O)c2ccccc2)CC3)CC1. The third-order valence-electron chi connectivity index (χ3n) is 5.68. The topological polar surface area (TPSA) is 35.6 Å². The fourth-order valence-corrected chi connectivity index (χ4v) is 4.09. The molecule has 1 N–H and O–H groups in total. The lowest BCUT2D eigenvalue weighted by Crippen LogP contribution is -2.45. The number of anilines is 1. The summed E-state index contributed by atoms with van der Waals surface area (Å²) >= 11 is 0. The lowest BCUT2D eigenvalue weighted by atomic mass is 9.86. The summed E-state index contributed by atoms with van der Waals surface area (Å²) in [5, 5.41) is 3.25. The highest BCUT2D eigenvalue weighted by molar-refractivity contribution is 5.94. The van der Waals surface area contributed by atoms with Crippen LogP contribution in [0.2, 0.25) is 0 Å². The van der Waals surface area contributed by atoms with Gasteiger partial charge in [-0.05, 0) is 55.6 Å². The van der Waals surface area contributed by atoms with Gasteiger partial charge in [0.15, 0.2) is 0 Å². The molecule has 2 aromatic rings. The molecule has 2 aromatic carbocycles. The molecule has 1 heterocycles. The number of carbonyl (C=O) groups excluding carboxylic acids is 1. The zero-order valence-electron chi connectivity index (χ0n) is 15.4. The Balaban J connectivity index is 1.50. The molecule has 2 aliphatic rings. The fourth-order valence-electron chi connectivity index (χ4n) is 4.09. The van der Waals surface area contributed by atoms with Crippen molar-refractivity contribution in [1.82, 2.24) is 10.2 Å². The molecule has 26 heavy (non-hydrogen) atoms. The maximum atomic E-state index is 12.5. The van der Waals surface area contributed by atoms with E-state index in [0.29, 0.717) is 0 Å². The Bertz CT molecular complexity index is 766. The molecule has 0 saturated carbocycles. The lowest BCUT2D eigenvalue weighted by Gasteiger charge is -2.37. The van der Waals surface area contributed by atoms with E-state index in [9.17, 15) is 4.79 Å². The number of fused-ring (bicyclic) bond motifs is 1. The van der Waals surface area contributed by atoms with Crippen LogP contribution in [0.5, 0.6) is 0 Å². The Kier molecular flexibility index (Phi) is 4.93. The number of nitrogens with one attached hydrogen (secondary N) is 1. The van der Waals surface area contributed by atoms with Gasteiger partial charge in [-0.3, -0.25) is 4.79 Å². The Morgan fingerprint density at radius 1 is 1.00 bits per heavy atom. The summed E-state index contributed by atoms with van der Waals surface area (Å²) in [5.41, 5.74) is 4.99. The molecule has 1 atom stereocenters. The minimum Gasteiger partial charge on any atom is -0.369 e. The van der Waals surface area contributed by atoms with Gasteiger partial charge in [0.25, 0.3) is 5.91 Å². The van der Waals surface area contributed by atoms with Crippen molar-refractivity contribution in [3.05, 3.63) is 65.2 Å². The predicted molar refractivity (Wildman–Crippen MR) is 106 cm³/mol. The molecule has 1 fully saturated rings. The molecular weight excluding hydrogens is 322 g/mol. The normalized spacial score (nSPS) is 20.5. The monoisotopic (exact) mass is 349 g/mol. The first-order valence-electron chi connectivity index (χ1n) is 9.61. The standard InChI is InChI=1S/C22H27N3O/c1-24-12-14-25(15-13-24)21-9-5-8-17-10-11-19(16-20(17)21)23-22(26)18-6-3-2-4-7-18/h2-9,19H,10-16H2,1H3,(H,23,26)/t19-/m1/s1. The van der Waals surface area contributed by atoms with Crippen LogP contribution in [0.1, 0.15) is 27.9 Å². The molecule has 4 nitrogen and oxygen atoms in total. The van der Waals surface area contributed by atoms with E-state index in [2.05, 4.69) is 40.4 Å². The number of benzene rings is 2. The van der Waals surface area contributed by atoms with Crippen LogP contribution in [0.15, 0.2) is 48.5 Å². The van der Waals surface area contributed by atoms with Gasteiger partial charge >= 0.3 is 0 Å². The molecular formula is C22H27N3O. The highest BCUT2D eigenvalue weighted by Crippen LogP contribution is 2.31. The number of hydrogen-bond donors (Lipinski definition) is 1. The zero-order chi connectivity index (χ0) is 17.9. The number of likely N-dealkylation sites (N-methyl/N-ethyl adjacent to an activating group) is 1. The smallest absolute Gasteiger partial charge is 0.251 e. The van der Waals surface area contributed by atoms with Crippen molar-refractivity contribution in [2.75, 3.05) is 38.1 Å². The van der Waals surface area contributed by atoms with Crippen molar-refractivity contribution >= 4 is 11.6 Å². The predicted octanol–water partition coefficient (Wildman–Crippen LogP) is 2.73. The first-order valence-corrected chi connectivity index (χ1v) is 9.61. The Morgan fingerprint density at radius 3 is 2.54 bits per heavy atom. The first kappa shape index (κ1) is 17.1. The number of rotatable bonds is 3. The van der Waals surface area contributed by atoms with Crippen LogP contribution in [-0.2, 0) is 12.8 Å². The summed E-state index contributed by atoms with van der Waals surface area (Å²) in [4.78, 5) is 17.4. The van der Waals surface area contributed by atoms with Gasteiger partial charge in [0.2, 0.25) is 0 Å². The zero-order valence-corrected chi connectivity index (χ0v) is 15.4. The lowest BCUT2D eigenvalue weighted by molar-refractivity contribution is 0.0933. The molecule has 4 rings (SSSR count). The van der Waals surface area contributed by atoms with E-state index in [1.165, 1.54) is 16.8 Å². The van der Waals surface area contributed by atoms with Crippen molar-refractivity contribution in [1.29, 1.82) is 0 Å². The summed E-state index contributed by atoms with van der Waals surface area (Å²) in [6, 6.07) is 16.4. The van der Waals surface area contributed by atoms with Crippen LogP contribution in [0.25, 0.3) is 0 Å². The van der Waals surface area contributed by atoms with Gasteiger partial charge in [0, 0.05) is 43.5 Å². The molecule has 1 aliphatic heterocycles. The average molecular weight is 349 g/mol. The van der Waals surface area contributed by atoms with E-state index >= 15 is 0 Å². The number of nitrogens with zero attached hydrogens (tertiary/aromatic N) is 2. The van der Waals surface area contributed by atoms with Gasteiger partial charge in [-0.25, -0.2) is 0 Å². The molecule has 0 bridgehead atoms. The van der Waals surface area contributed by atoms with Crippen LogP contribution in [0.3, 0.4) is 0 Å². The average Bonchev–Trinajstić information content (AvgIpc) is 2.69. The maximum Gasteiger partial charge on any atom is 0.251 e. The Morgan fingerprint density at radius 2 is 1.77 bits per heavy atom. The minimum absolute atomic E-state index is 0.0381. The summed E-state index contributed by atoms with van der Waals surface area (Å²) in [6.45, 7) is 4.37. The van der Waals surface area contributed by atoms with Crippen molar-refractivity contribution in [2.45, 2.75) is 25.3 Å². The van der Waals surface area contributed by atoms with Crippen molar-refractivity contribution < 1.29 is 4.79 Å². The second kappa shape index (κ2) is 7.50. The second-order valence-electron chi connectivity index (χ2n) is 7.48. The summed E-state index contributed by atoms with van der Waals surface area (Å²) < 4.78 is 0. The van der Waals surface area contributed by atoms with Crippen LogP contribution in [0.4, 0.5) is 5.69 Å². The molecule has 1 amide bonds. The van der Waals surface area contributed by atoms with Gasteiger partial charge in [-0.15, -0.1) is 0 Å². The van der Waals surface area contributed by atoms with Crippen LogP contribution < -0.4 is 10.2 Å². The molecule has 0 radical (unpaired) electrons. The Hall–Kier alpha value is -2.33. The Labute approximate surface area is 155 Å². The number of aryl methyl sites for hydroxylation is 1. The molecule has 136 valence electrons.